The SMILES string of the molecule is COc1cc(C#Cc2nn([C@H]3CCNC3)c(N)c2C(N)=O)cc(OC)c1. The van der Waals surface area contributed by atoms with Crippen molar-refractivity contribution in [3.8, 4) is 23.3 Å². The fraction of sp³-hybridized carbons (Fsp3) is 0.333. The molecule has 0 radical (unpaired) electrons. The molecular weight excluding hydrogens is 334 g/mol. The van der Waals surface area contributed by atoms with Crippen molar-refractivity contribution in [1.29, 1.82) is 0 Å². The number of nitrogens with zero attached hydrogens (tertiary/aromatic N) is 2. The second-order valence-corrected chi connectivity index (χ2v) is 5.92. The summed E-state index contributed by atoms with van der Waals surface area (Å²) < 4.78 is 12.1. The van der Waals surface area contributed by atoms with Gasteiger partial charge < -0.3 is 26.3 Å². The molecule has 5 N–H and O–H groups in total. The summed E-state index contributed by atoms with van der Waals surface area (Å²) in [5.41, 5.74) is 12.7. The van der Waals surface area contributed by atoms with Gasteiger partial charge in [-0.1, -0.05) is 5.92 Å². The zero-order valence-corrected chi connectivity index (χ0v) is 14.7. The van der Waals surface area contributed by atoms with Gasteiger partial charge in [0.25, 0.3) is 5.91 Å². The average molecular weight is 355 g/mol. The molecule has 0 spiro atoms. The van der Waals surface area contributed by atoms with Crippen molar-refractivity contribution in [3.05, 3.63) is 35.0 Å². The van der Waals surface area contributed by atoms with Crippen LogP contribution < -0.4 is 26.3 Å². The summed E-state index contributed by atoms with van der Waals surface area (Å²) in [5, 5.41) is 7.67. The molecule has 1 atom stereocenters. The Labute approximate surface area is 151 Å². The van der Waals surface area contributed by atoms with E-state index in [1.807, 2.05) is 0 Å². The molecule has 1 fully saturated rings. The van der Waals surface area contributed by atoms with E-state index >= 15 is 0 Å². The Morgan fingerprint density at radius 1 is 1.27 bits per heavy atom. The van der Waals surface area contributed by atoms with Crippen LogP contribution in [0.4, 0.5) is 5.82 Å². The van der Waals surface area contributed by atoms with Gasteiger partial charge in [0.15, 0.2) is 5.69 Å². The van der Waals surface area contributed by atoms with Gasteiger partial charge in [-0.15, -0.1) is 0 Å². The van der Waals surface area contributed by atoms with Crippen LogP contribution in [0.1, 0.15) is 34.1 Å². The largest absolute Gasteiger partial charge is 0.497 e. The summed E-state index contributed by atoms with van der Waals surface area (Å²) in [6, 6.07) is 5.36. The zero-order valence-electron chi connectivity index (χ0n) is 14.7. The molecule has 8 heteroatoms. The van der Waals surface area contributed by atoms with Crippen LogP contribution in [0.5, 0.6) is 11.5 Å². The number of primary amides is 1. The molecular formula is C18H21N5O3. The van der Waals surface area contributed by atoms with Gasteiger partial charge in [-0.3, -0.25) is 4.79 Å². The number of anilines is 1. The molecule has 2 aromatic rings. The Morgan fingerprint density at radius 3 is 2.50 bits per heavy atom. The first-order valence-electron chi connectivity index (χ1n) is 8.17. The third-order valence-corrected chi connectivity index (χ3v) is 4.25. The maximum atomic E-state index is 11.8. The third kappa shape index (κ3) is 3.43. The molecule has 0 unspecified atom stereocenters. The predicted molar refractivity (Wildman–Crippen MR) is 97.2 cm³/mol. The standard InChI is InChI=1S/C18H21N5O3/c1-25-13-7-11(8-14(9-13)26-2)3-4-15-16(18(20)24)17(19)23(22-15)12-5-6-21-10-12/h7-9,12,21H,5-6,10,19H2,1-2H3,(H2,20,24)/t12-/m0/s1. The molecule has 1 aliphatic rings. The third-order valence-electron chi connectivity index (χ3n) is 4.25. The number of nitrogens with two attached hydrogens (primary N) is 2. The van der Waals surface area contributed by atoms with Gasteiger partial charge in [0.1, 0.15) is 22.9 Å². The number of carbonyl (C=O) groups is 1. The Hall–Kier alpha value is -3.18. The van der Waals surface area contributed by atoms with Crippen LogP contribution in [0, 0.1) is 11.8 Å². The number of benzene rings is 1. The van der Waals surface area contributed by atoms with Crippen molar-refractivity contribution < 1.29 is 14.3 Å². The lowest BCUT2D eigenvalue weighted by atomic mass is 10.1. The molecule has 1 aromatic heterocycles. The highest BCUT2D eigenvalue weighted by molar-refractivity contribution is 5.99. The lowest BCUT2D eigenvalue weighted by Crippen LogP contribution is -2.18. The van der Waals surface area contributed by atoms with Crippen LogP contribution in [-0.4, -0.2) is 43.0 Å². The molecule has 1 amide bonds. The Bertz CT molecular complexity index is 866. The second kappa shape index (κ2) is 7.37. The number of methoxy groups -OCH3 is 2. The van der Waals surface area contributed by atoms with Crippen LogP contribution in [0.2, 0.25) is 0 Å². The normalized spacial score (nSPS) is 16.0. The van der Waals surface area contributed by atoms with E-state index in [1.54, 1.807) is 37.1 Å². The molecule has 0 aliphatic carbocycles. The van der Waals surface area contributed by atoms with E-state index in [1.165, 1.54) is 0 Å². The van der Waals surface area contributed by atoms with Gasteiger partial charge in [0, 0.05) is 18.2 Å². The van der Waals surface area contributed by atoms with E-state index < -0.39 is 5.91 Å². The van der Waals surface area contributed by atoms with Gasteiger partial charge in [-0.2, -0.15) is 5.10 Å². The minimum Gasteiger partial charge on any atom is -0.497 e. The lowest BCUT2D eigenvalue weighted by Gasteiger charge is -2.10. The molecule has 1 aromatic carbocycles. The summed E-state index contributed by atoms with van der Waals surface area (Å²) in [4.78, 5) is 11.8. The summed E-state index contributed by atoms with van der Waals surface area (Å²) in [7, 11) is 3.13. The molecule has 1 aliphatic heterocycles. The number of ether oxygens (including phenoxy) is 2. The van der Waals surface area contributed by atoms with Crippen LogP contribution in [0.3, 0.4) is 0 Å². The monoisotopic (exact) mass is 355 g/mol. The summed E-state index contributed by atoms with van der Waals surface area (Å²) >= 11 is 0. The molecule has 3 rings (SSSR count). The summed E-state index contributed by atoms with van der Waals surface area (Å²) in [6.45, 7) is 1.62. The van der Waals surface area contributed by atoms with Crippen molar-refractivity contribution in [1.82, 2.24) is 15.1 Å². The molecule has 136 valence electrons. The van der Waals surface area contributed by atoms with Crippen LogP contribution in [-0.2, 0) is 0 Å². The van der Waals surface area contributed by atoms with Crippen LogP contribution >= 0.6 is 0 Å². The Kier molecular flexibility index (Phi) is 5.00. The highest BCUT2D eigenvalue weighted by atomic mass is 16.5. The number of aromatic nitrogens is 2. The van der Waals surface area contributed by atoms with E-state index in [0.717, 1.165) is 19.5 Å². The number of amides is 1. The Morgan fingerprint density at radius 2 is 1.96 bits per heavy atom. The maximum absolute atomic E-state index is 11.8. The van der Waals surface area contributed by atoms with Gasteiger partial charge in [0.2, 0.25) is 0 Å². The smallest absolute Gasteiger partial charge is 0.255 e. The first-order valence-corrected chi connectivity index (χ1v) is 8.17. The first-order chi connectivity index (χ1) is 12.5. The highest BCUT2D eigenvalue weighted by Gasteiger charge is 2.25. The highest BCUT2D eigenvalue weighted by Crippen LogP contribution is 2.25. The van der Waals surface area contributed by atoms with Crippen LogP contribution in [0.25, 0.3) is 0 Å². The van der Waals surface area contributed by atoms with Crippen molar-refractivity contribution in [3.63, 3.8) is 0 Å². The second-order valence-electron chi connectivity index (χ2n) is 5.92. The van der Waals surface area contributed by atoms with Gasteiger partial charge in [-0.05, 0) is 31.0 Å². The minimum absolute atomic E-state index is 0.0839. The Balaban J connectivity index is 2.01. The molecule has 0 bridgehead atoms. The molecule has 8 nitrogen and oxygen atoms in total. The molecule has 0 saturated carbocycles. The van der Waals surface area contributed by atoms with Crippen molar-refractivity contribution in [2.24, 2.45) is 5.73 Å². The van der Waals surface area contributed by atoms with E-state index in [2.05, 4.69) is 22.3 Å². The van der Waals surface area contributed by atoms with E-state index in [0.29, 0.717) is 17.1 Å². The predicted octanol–water partition coefficient (Wildman–Crippen LogP) is 0.516. The summed E-state index contributed by atoms with van der Waals surface area (Å²) in [5.74, 6) is 6.71. The van der Waals surface area contributed by atoms with E-state index in [4.69, 9.17) is 20.9 Å². The van der Waals surface area contributed by atoms with Crippen molar-refractivity contribution in [2.75, 3.05) is 33.0 Å². The number of rotatable bonds is 4. The van der Waals surface area contributed by atoms with Crippen molar-refractivity contribution in [2.45, 2.75) is 12.5 Å². The van der Waals surface area contributed by atoms with E-state index in [9.17, 15) is 4.79 Å². The minimum atomic E-state index is -0.646. The number of hydrogen-bond acceptors (Lipinski definition) is 6. The zero-order chi connectivity index (χ0) is 18.7. The first kappa shape index (κ1) is 17.6. The fourth-order valence-corrected chi connectivity index (χ4v) is 2.92. The molecule has 1 saturated heterocycles. The molecule has 26 heavy (non-hydrogen) atoms. The number of hydrogen-bond donors (Lipinski definition) is 3. The topological polar surface area (TPSA) is 117 Å². The number of nitrogen functional groups attached to an aromatic ring is 1. The number of nitrogens with one attached hydrogen (secondary N) is 1. The number of carbonyl (C=O) groups excluding carboxylic acids is 1. The quantitative estimate of drug-likeness (QED) is 0.688. The van der Waals surface area contributed by atoms with E-state index in [-0.39, 0.29) is 23.1 Å². The van der Waals surface area contributed by atoms with Gasteiger partial charge in [-0.25, -0.2) is 4.68 Å². The average Bonchev–Trinajstić information content (AvgIpc) is 3.27. The lowest BCUT2D eigenvalue weighted by molar-refractivity contribution is 0.100. The van der Waals surface area contributed by atoms with Gasteiger partial charge >= 0.3 is 0 Å². The maximum Gasteiger partial charge on any atom is 0.255 e. The fourth-order valence-electron chi connectivity index (χ4n) is 2.92. The van der Waals surface area contributed by atoms with Gasteiger partial charge in [0.05, 0.1) is 20.3 Å². The van der Waals surface area contributed by atoms with Crippen molar-refractivity contribution >= 4 is 11.7 Å². The summed E-state index contributed by atoms with van der Waals surface area (Å²) in [6.07, 6.45) is 0.879. The molecule has 2 heterocycles. The van der Waals surface area contributed by atoms with Crippen LogP contribution in [0.15, 0.2) is 18.2 Å².